The molecule has 1 amide bonds. The molecule has 2 rings (SSSR count). The Kier molecular flexibility index (Phi) is 7.78. The third kappa shape index (κ3) is 6.25. The molecule has 0 aliphatic carbocycles. The van der Waals surface area contributed by atoms with Crippen LogP contribution in [0, 0.1) is 0 Å². The molecule has 0 heterocycles. The molecule has 0 aliphatic heterocycles. The standard InChI is InChI=1S/C18H22ClN3O5S2/c1-22(2)29(26,27)15-9-7-14(8-10-15)13-20-18(23)11-12-21-28(24,25)17-6-4-3-5-16(17)19/h3-10,21H,11-13H2,1-2H3,(H,20,23). The minimum atomic E-state index is -3.80. The number of carbonyl (C=O) groups is 1. The molecule has 0 aromatic heterocycles. The molecule has 0 unspecified atom stereocenters. The van der Waals surface area contributed by atoms with Crippen LogP contribution in [0.25, 0.3) is 0 Å². The van der Waals surface area contributed by atoms with Gasteiger partial charge >= 0.3 is 0 Å². The Morgan fingerprint density at radius 1 is 1.00 bits per heavy atom. The van der Waals surface area contributed by atoms with Gasteiger partial charge in [0.2, 0.25) is 26.0 Å². The molecule has 2 N–H and O–H groups in total. The summed E-state index contributed by atoms with van der Waals surface area (Å²) in [6.07, 6.45) is -0.0588. The highest BCUT2D eigenvalue weighted by Crippen LogP contribution is 2.20. The summed E-state index contributed by atoms with van der Waals surface area (Å²) in [6.45, 7) is 0.109. The van der Waals surface area contributed by atoms with Crippen molar-refractivity contribution in [2.75, 3.05) is 20.6 Å². The zero-order valence-corrected chi connectivity index (χ0v) is 18.3. The lowest BCUT2D eigenvalue weighted by Crippen LogP contribution is -2.30. The van der Waals surface area contributed by atoms with Crippen LogP contribution in [-0.2, 0) is 31.4 Å². The summed E-state index contributed by atoms with van der Waals surface area (Å²) in [6, 6.07) is 12.2. The van der Waals surface area contributed by atoms with E-state index < -0.39 is 20.0 Å². The molecule has 29 heavy (non-hydrogen) atoms. The van der Waals surface area contributed by atoms with Gasteiger partial charge in [0.15, 0.2) is 0 Å². The predicted molar refractivity (Wildman–Crippen MR) is 110 cm³/mol. The quantitative estimate of drug-likeness (QED) is 0.591. The normalized spacial score (nSPS) is 12.1. The third-order valence-electron chi connectivity index (χ3n) is 3.96. The minimum absolute atomic E-state index is 0.0464. The Morgan fingerprint density at radius 2 is 1.62 bits per heavy atom. The number of halogens is 1. The molecular weight excluding hydrogens is 438 g/mol. The van der Waals surface area contributed by atoms with Gasteiger partial charge in [-0.2, -0.15) is 0 Å². The van der Waals surface area contributed by atoms with Crippen molar-refractivity contribution in [3.63, 3.8) is 0 Å². The largest absolute Gasteiger partial charge is 0.352 e. The van der Waals surface area contributed by atoms with Gasteiger partial charge in [-0.15, -0.1) is 0 Å². The van der Waals surface area contributed by atoms with E-state index in [1.54, 1.807) is 24.3 Å². The van der Waals surface area contributed by atoms with Gasteiger partial charge in [0.1, 0.15) is 4.90 Å². The Labute approximate surface area is 176 Å². The van der Waals surface area contributed by atoms with Crippen LogP contribution in [0.1, 0.15) is 12.0 Å². The molecule has 0 atom stereocenters. The molecular formula is C18H22ClN3O5S2. The van der Waals surface area contributed by atoms with Crippen molar-refractivity contribution in [2.24, 2.45) is 0 Å². The lowest BCUT2D eigenvalue weighted by molar-refractivity contribution is -0.121. The topological polar surface area (TPSA) is 113 Å². The summed E-state index contributed by atoms with van der Waals surface area (Å²) in [4.78, 5) is 12.1. The molecule has 11 heteroatoms. The van der Waals surface area contributed by atoms with E-state index in [0.29, 0.717) is 5.56 Å². The number of hydrogen-bond acceptors (Lipinski definition) is 5. The average Bonchev–Trinajstić information content (AvgIpc) is 2.66. The van der Waals surface area contributed by atoms with E-state index in [0.717, 1.165) is 4.31 Å². The number of nitrogens with zero attached hydrogens (tertiary/aromatic N) is 1. The first-order valence-corrected chi connectivity index (χ1v) is 11.9. The summed E-state index contributed by atoms with van der Waals surface area (Å²) in [5.41, 5.74) is 0.715. The maximum Gasteiger partial charge on any atom is 0.242 e. The monoisotopic (exact) mass is 459 g/mol. The van der Waals surface area contributed by atoms with E-state index in [1.165, 1.54) is 38.4 Å². The van der Waals surface area contributed by atoms with Crippen molar-refractivity contribution < 1.29 is 21.6 Å². The third-order valence-corrected chi connectivity index (χ3v) is 7.75. The van der Waals surface area contributed by atoms with Crippen LogP contribution in [0.3, 0.4) is 0 Å². The Bertz CT molecular complexity index is 1070. The van der Waals surface area contributed by atoms with E-state index in [-0.39, 0.29) is 40.2 Å². The van der Waals surface area contributed by atoms with Crippen LogP contribution in [0.4, 0.5) is 0 Å². The fraction of sp³-hybridized carbons (Fsp3) is 0.278. The van der Waals surface area contributed by atoms with Crippen LogP contribution < -0.4 is 10.0 Å². The van der Waals surface area contributed by atoms with E-state index in [4.69, 9.17) is 11.6 Å². The summed E-state index contributed by atoms with van der Waals surface area (Å²) in [7, 11) is -4.41. The summed E-state index contributed by atoms with van der Waals surface area (Å²) >= 11 is 5.89. The minimum Gasteiger partial charge on any atom is -0.352 e. The van der Waals surface area contributed by atoms with Crippen LogP contribution in [0.2, 0.25) is 5.02 Å². The molecule has 158 valence electrons. The SMILES string of the molecule is CN(C)S(=O)(=O)c1ccc(CNC(=O)CCNS(=O)(=O)c2ccccc2Cl)cc1. The van der Waals surface area contributed by atoms with Crippen molar-refractivity contribution in [3.8, 4) is 0 Å². The van der Waals surface area contributed by atoms with Crippen LogP contribution in [-0.4, -0.2) is 47.7 Å². The van der Waals surface area contributed by atoms with Gasteiger partial charge < -0.3 is 5.32 Å². The van der Waals surface area contributed by atoms with Crippen molar-refractivity contribution in [2.45, 2.75) is 22.8 Å². The summed E-state index contributed by atoms with van der Waals surface area (Å²) in [5, 5.41) is 2.76. The zero-order valence-electron chi connectivity index (χ0n) is 15.9. The average molecular weight is 460 g/mol. The van der Waals surface area contributed by atoms with Crippen molar-refractivity contribution in [1.82, 2.24) is 14.3 Å². The van der Waals surface area contributed by atoms with Crippen LogP contribution >= 0.6 is 11.6 Å². The second-order valence-electron chi connectivity index (χ2n) is 6.29. The first-order valence-electron chi connectivity index (χ1n) is 8.56. The second-order valence-corrected chi connectivity index (χ2v) is 10.6. The first-order chi connectivity index (χ1) is 13.5. The molecule has 0 radical (unpaired) electrons. The highest BCUT2D eigenvalue weighted by molar-refractivity contribution is 7.89. The molecule has 8 nitrogen and oxygen atoms in total. The molecule has 0 fully saturated rings. The fourth-order valence-electron chi connectivity index (χ4n) is 2.32. The van der Waals surface area contributed by atoms with Gasteiger partial charge in [0.05, 0.1) is 9.92 Å². The molecule has 0 spiro atoms. The molecule has 0 bridgehead atoms. The highest BCUT2D eigenvalue weighted by Gasteiger charge is 2.18. The molecule has 2 aromatic rings. The maximum atomic E-state index is 12.2. The van der Waals surface area contributed by atoms with E-state index in [2.05, 4.69) is 10.0 Å². The lowest BCUT2D eigenvalue weighted by Gasteiger charge is -2.12. The zero-order chi connectivity index (χ0) is 21.7. The molecule has 0 saturated heterocycles. The lowest BCUT2D eigenvalue weighted by atomic mass is 10.2. The van der Waals surface area contributed by atoms with Gasteiger partial charge in [-0.3, -0.25) is 4.79 Å². The Morgan fingerprint density at radius 3 is 2.21 bits per heavy atom. The van der Waals surface area contributed by atoms with Gasteiger partial charge in [-0.1, -0.05) is 35.9 Å². The second kappa shape index (κ2) is 9.68. The number of carbonyl (C=O) groups excluding carboxylic acids is 1. The van der Waals surface area contributed by atoms with Crippen LogP contribution in [0.5, 0.6) is 0 Å². The van der Waals surface area contributed by atoms with Gasteiger partial charge in [0, 0.05) is 33.6 Å². The number of amides is 1. The van der Waals surface area contributed by atoms with Crippen LogP contribution in [0.15, 0.2) is 58.3 Å². The predicted octanol–water partition coefficient (Wildman–Crippen LogP) is 1.58. The fourth-order valence-corrected chi connectivity index (χ4v) is 4.77. The number of sulfonamides is 2. The molecule has 0 aliphatic rings. The summed E-state index contributed by atoms with van der Waals surface area (Å²) in [5.74, 6) is -0.350. The first kappa shape index (κ1) is 23.3. The Hall–Kier alpha value is -1.98. The number of rotatable bonds is 9. The molecule has 2 aromatic carbocycles. The number of benzene rings is 2. The van der Waals surface area contributed by atoms with E-state index >= 15 is 0 Å². The number of hydrogen-bond donors (Lipinski definition) is 2. The van der Waals surface area contributed by atoms with Crippen molar-refractivity contribution in [1.29, 1.82) is 0 Å². The van der Waals surface area contributed by atoms with E-state index in [9.17, 15) is 21.6 Å². The number of nitrogens with one attached hydrogen (secondary N) is 2. The van der Waals surface area contributed by atoms with Gasteiger partial charge in [-0.25, -0.2) is 25.9 Å². The van der Waals surface area contributed by atoms with E-state index in [1.807, 2.05) is 0 Å². The smallest absolute Gasteiger partial charge is 0.242 e. The van der Waals surface area contributed by atoms with Gasteiger partial charge in [-0.05, 0) is 29.8 Å². The summed E-state index contributed by atoms with van der Waals surface area (Å²) < 4.78 is 51.9. The highest BCUT2D eigenvalue weighted by atomic mass is 35.5. The van der Waals surface area contributed by atoms with Gasteiger partial charge in [0.25, 0.3) is 0 Å². The maximum absolute atomic E-state index is 12.2. The molecule has 0 saturated carbocycles. The van der Waals surface area contributed by atoms with Crippen molar-refractivity contribution >= 4 is 37.6 Å². The Balaban J connectivity index is 1.84. The van der Waals surface area contributed by atoms with Crippen molar-refractivity contribution in [3.05, 3.63) is 59.1 Å².